The van der Waals surface area contributed by atoms with Crippen LogP contribution in [0.2, 0.25) is 5.02 Å². The van der Waals surface area contributed by atoms with Crippen LogP contribution in [0.25, 0.3) is 22.3 Å². The second-order valence-electron chi connectivity index (χ2n) is 5.84. The summed E-state index contributed by atoms with van der Waals surface area (Å²) in [5, 5.41) is 5.92. The number of rotatable bonds is 4. The molecule has 1 N–H and O–H groups in total. The van der Waals surface area contributed by atoms with Crippen LogP contribution in [0.3, 0.4) is 0 Å². The third-order valence-corrected chi connectivity index (χ3v) is 4.74. The number of halogens is 2. The van der Waals surface area contributed by atoms with Crippen LogP contribution in [-0.2, 0) is 0 Å². The highest BCUT2D eigenvalue weighted by Gasteiger charge is 2.08. The first kappa shape index (κ1) is 17.6. The Morgan fingerprint density at radius 1 is 0.889 bits per heavy atom. The Morgan fingerprint density at radius 2 is 1.63 bits per heavy atom. The minimum Gasteiger partial charge on any atom is -0.261 e. The molecule has 0 radical (unpaired) electrons. The molecular formula is C21H14BrClN4. The van der Waals surface area contributed by atoms with E-state index < -0.39 is 0 Å². The predicted octanol–water partition coefficient (Wildman–Crippen LogP) is 6.16. The molecule has 0 bridgehead atoms. The summed E-state index contributed by atoms with van der Waals surface area (Å²) in [5.74, 6) is 1.27. The average Bonchev–Trinajstić information content (AvgIpc) is 2.70. The first-order chi connectivity index (χ1) is 13.2. The Labute approximate surface area is 170 Å². The first-order valence-corrected chi connectivity index (χ1v) is 9.43. The lowest BCUT2D eigenvalue weighted by Crippen LogP contribution is -1.99. The van der Waals surface area contributed by atoms with E-state index in [0.29, 0.717) is 16.7 Å². The summed E-state index contributed by atoms with van der Waals surface area (Å²) in [6.07, 6.45) is 1.76. The number of anilines is 1. The van der Waals surface area contributed by atoms with Gasteiger partial charge in [-0.3, -0.25) is 5.43 Å². The highest BCUT2D eigenvalue weighted by atomic mass is 79.9. The number of hydrogen-bond acceptors (Lipinski definition) is 4. The van der Waals surface area contributed by atoms with Gasteiger partial charge in [0.15, 0.2) is 11.6 Å². The van der Waals surface area contributed by atoms with E-state index in [-0.39, 0.29) is 0 Å². The molecule has 4 nitrogen and oxygen atoms in total. The van der Waals surface area contributed by atoms with Gasteiger partial charge in [0.05, 0.1) is 11.7 Å². The number of nitrogens with one attached hydrogen (secondary N) is 1. The van der Waals surface area contributed by atoms with E-state index in [0.717, 1.165) is 26.5 Å². The van der Waals surface area contributed by atoms with Crippen molar-refractivity contribution in [3.63, 3.8) is 0 Å². The summed E-state index contributed by atoms with van der Waals surface area (Å²) >= 11 is 9.41. The van der Waals surface area contributed by atoms with Crippen molar-refractivity contribution in [1.82, 2.24) is 9.97 Å². The van der Waals surface area contributed by atoms with Gasteiger partial charge in [0.25, 0.3) is 0 Å². The van der Waals surface area contributed by atoms with E-state index in [4.69, 9.17) is 11.6 Å². The third-order valence-electron chi connectivity index (χ3n) is 3.96. The molecule has 0 amide bonds. The SMILES string of the molecule is Clc1ccc(-c2nc(NN=Cc3ccc(Br)cc3)c3ccccc3n2)cc1. The molecule has 6 heteroatoms. The molecule has 0 saturated heterocycles. The summed E-state index contributed by atoms with van der Waals surface area (Å²) in [6, 6.07) is 23.2. The van der Waals surface area contributed by atoms with Crippen LogP contribution in [0.1, 0.15) is 5.56 Å². The molecule has 0 aliphatic rings. The molecule has 1 aromatic heterocycles. The van der Waals surface area contributed by atoms with Crippen LogP contribution in [0.4, 0.5) is 5.82 Å². The highest BCUT2D eigenvalue weighted by Crippen LogP contribution is 2.25. The lowest BCUT2D eigenvalue weighted by molar-refractivity contribution is 1.19. The van der Waals surface area contributed by atoms with E-state index in [9.17, 15) is 0 Å². The molecule has 3 aromatic carbocycles. The van der Waals surface area contributed by atoms with Gasteiger partial charge in [-0.15, -0.1) is 0 Å². The maximum Gasteiger partial charge on any atom is 0.162 e. The third kappa shape index (κ3) is 4.15. The van der Waals surface area contributed by atoms with Crippen molar-refractivity contribution in [2.45, 2.75) is 0 Å². The van der Waals surface area contributed by atoms with Crippen LogP contribution in [0.5, 0.6) is 0 Å². The monoisotopic (exact) mass is 436 g/mol. The second-order valence-corrected chi connectivity index (χ2v) is 7.19. The number of hydrazone groups is 1. The molecular weight excluding hydrogens is 424 g/mol. The second kappa shape index (κ2) is 7.86. The number of aromatic nitrogens is 2. The molecule has 27 heavy (non-hydrogen) atoms. The van der Waals surface area contributed by atoms with Crippen LogP contribution in [-0.4, -0.2) is 16.2 Å². The highest BCUT2D eigenvalue weighted by molar-refractivity contribution is 9.10. The van der Waals surface area contributed by atoms with Crippen molar-refractivity contribution >= 4 is 50.5 Å². The van der Waals surface area contributed by atoms with E-state index in [1.807, 2.05) is 72.8 Å². The summed E-state index contributed by atoms with van der Waals surface area (Å²) < 4.78 is 1.03. The Morgan fingerprint density at radius 3 is 2.41 bits per heavy atom. The van der Waals surface area contributed by atoms with Crippen molar-refractivity contribution in [3.05, 3.63) is 87.9 Å². The summed E-state index contributed by atoms with van der Waals surface area (Å²) in [7, 11) is 0. The van der Waals surface area contributed by atoms with Crippen LogP contribution >= 0.6 is 27.5 Å². The van der Waals surface area contributed by atoms with Gasteiger partial charge in [0.2, 0.25) is 0 Å². The Bertz CT molecular complexity index is 1110. The smallest absolute Gasteiger partial charge is 0.162 e. The lowest BCUT2D eigenvalue weighted by Gasteiger charge is -2.08. The fourth-order valence-electron chi connectivity index (χ4n) is 2.61. The maximum atomic E-state index is 5.99. The van der Waals surface area contributed by atoms with Gasteiger partial charge in [-0.05, 0) is 54.1 Å². The molecule has 4 rings (SSSR count). The zero-order valence-electron chi connectivity index (χ0n) is 14.1. The Kier molecular flexibility index (Phi) is 5.14. The zero-order valence-corrected chi connectivity index (χ0v) is 16.4. The minimum atomic E-state index is 0.617. The number of hydrogen-bond donors (Lipinski definition) is 1. The summed E-state index contributed by atoms with van der Waals surface area (Å²) in [5.41, 5.74) is 5.78. The topological polar surface area (TPSA) is 50.2 Å². The predicted molar refractivity (Wildman–Crippen MR) is 115 cm³/mol. The lowest BCUT2D eigenvalue weighted by atomic mass is 10.2. The fourth-order valence-corrected chi connectivity index (χ4v) is 3.00. The molecule has 0 saturated carbocycles. The summed E-state index contributed by atoms with van der Waals surface area (Å²) in [4.78, 5) is 9.32. The van der Waals surface area contributed by atoms with Gasteiger partial charge in [0, 0.05) is 20.4 Å². The van der Waals surface area contributed by atoms with Crippen LogP contribution < -0.4 is 5.43 Å². The summed E-state index contributed by atoms with van der Waals surface area (Å²) in [6.45, 7) is 0. The van der Waals surface area contributed by atoms with Crippen molar-refractivity contribution in [2.24, 2.45) is 5.10 Å². The first-order valence-electron chi connectivity index (χ1n) is 8.26. The molecule has 0 spiro atoms. The standard InChI is InChI=1S/C21H14BrClN4/c22-16-9-5-14(6-10-16)13-24-27-21-18-3-1-2-4-19(18)25-20(26-21)15-7-11-17(23)12-8-15/h1-13H,(H,25,26,27). The Balaban J connectivity index is 1.70. The largest absolute Gasteiger partial charge is 0.261 e. The molecule has 0 atom stereocenters. The number of fused-ring (bicyclic) bond motifs is 1. The maximum absolute atomic E-state index is 5.99. The fraction of sp³-hybridized carbons (Fsp3) is 0. The van der Waals surface area contributed by atoms with Gasteiger partial charge >= 0.3 is 0 Å². The number of nitrogens with zero attached hydrogens (tertiary/aromatic N) is 3. The van der Waals surface area contributed by atoms with E-state index in [1.54, 1.807) is 6.21 Å². The van der Waals surface area contributed by atoms with E-state index in [1.165, 1.54) is 0 Å². The van der Waals surface area contributed by atoms with Gasteiger partial charge in [-0.1, -0.05) is 51.8 Å². The van der Waals surface area contributed by atoms with Crippen molar-refractivity contribution in [2.75, 3.05) is 5.43 Å². The average molecular weight is 438 g/mol. The molecule has 0 fully saturated rings. The van der Waals surface area contributed by atoms with Gasteiger partial charge in [-0.2, -0.15) is 5.10 Å². The Hall–Kier alpha value is -2.76. The van der Waals surface area contributed by atoms with Crippen LogP contribution in [0, 0.1) is 0 Å². The zero-order chi connectivity index (χ0) is 18.6. The minimum absolute atomic E-state index is 0.617. The van der Waals surface area contributed by atoms with Crippen LogP contribution in [0.15, 0.2) is 82.4 Å². The molecule has 0 unspecified atom stereocenters. The normalized spacial score (nSPS) is 11.2. The molecule has 132 valence electrons. The van der Waals surface area contributed by atoms with Crippen molar-refractivity contribution in [1.29, 1.82) is 0 Å². The molecule has 0 aliphatic heterocycles. The van der Waals surface area contributed by atoms with Gasteiger partial charge < -0.3 is 0 Å². The quantitative estimate of drug-likeness (QED) is 0.307. The molecule has 4 aromatic rings. The van der Waals surface area contributed by atoms with Gasteiger partial charge in [0.1, 0.15) is 0 Å². The van der Waals surface area contributed by atoms with Gasteiger partial charge in [-0.25, -0.2) is 9.97 Å². The molecule has 0 aliphatic carbocycles. The van der Waals surface area contributed by atoms with E-state index in [2.05, 4.69) is 36.4 Å². The number of para-hydroxylation sites is 1. The number of benzene rings is 3. The van der Waals surface area contributed by atoms with E-state index >= 15 is 0 Å². The molecule has 1 heterocycles. The van der Waals surface area contributed by atoms with Crippen molar-refractivity contribution < 1.29 is 0 Å². The van der Waals surface area contributed by atoms with Crippen molar-refractivity contribution in [3.8, 4) is 11.4 Å².